The van der Waals surface area contributed by atoms with Gasteiger partial charge in [-0.05, 0) is 62.9 Å². The van der Waals surface area contributed by atoms with Gasteiger partial charge < -0.3 is 20.1 Å². The van der Waals surface area contributed by atoms with Crippen LogP contribution in [0.15, 0.2) is 18.2 Å². The number of hydrogen-bond acceptors (Lipinski definition) is 4. The van der Waals surface area contributed by atoms with Gasteiger partial charge in [0.05, 0.1) is 13.7 Å². The maximum Gasteiger partial charge on any atom is 0.220 e. The number of carbonyl (C=O) groups excluding carboxylic acids is 1. The van der Waals surface area contributed by atoms with Crippen LogP contribution in [-0.2, 0) is 11.3 Å². The van der Waals surface area contributed by atoms with Crippen LogP contribution in [-0.4, -0.2) is 32.7 Å². The van der Waals surface area contributed by atoms with Crippen LogP contribution in [0.25, 0.3) is 0 Å². The lowest BCUT2D eigenvalue weighted by Crippen LogP contribution is -2.29. The van der Waals surface area contributed by atoms with Gasteiger partial charge in [0.2, 0.25) is 5.91 Å². The number of nitrogens with one attached hydrogen (secondary N) is 2. The highest BCUT2D eigenvalue weighted by atomic mass is 35.5. The highest BCUT2D eigenvalue weighted by Gasteiger charge is 2.14. The zero-order chi connectivity index (χ0) is 16.5. The molecule has 1 saturated heterocycles. The number of rotatable bonds is 8. The van der Waals surface area contributed by atoms with Crippen molar-refractivity contribution in [2.24, 2.45) is 5.92 Å². The predicted octanol–water partition coefficient (Wildman–Crippen LogP) is 2.91. The average Bonchev–Trinajstić information content (AvgIpc) is 2.60. The second-order valence-corrected chi connectivity index (χ2v) is 5.93. The molecule has 1 aromatic rings. The van der Waals surface area contributed by atoms with Crippen molar-refractivity contribution < 1.29 is 14.3 Å². The number of hydrogen-bond donors (Lipinski definition) is 2. The molecule has 1 fully saturated rings. The number of piperidine rings is 1. The summed E-state index contributed by atoms with van der Waals surface area (Å²) in [5.74, 6) is 2.24. The Balaban J connectivity index is 0.00000288. The van der Waals surface area contributed by atoms with Crippen molar-refractivity contribution in [3.8, 4) is 11.5 Å². The summed E-state index contributed by atoms with van der Waals surface area (Å²) in [5.41, 5.74) is 1.01. The standard InChI is InChI=1S/C18H28N2O3.ClH/c1-3-23-16-6-4-15(12-17(16)22-2)13-20-18(21)7-5-14-8-10-19-11-9-14;/h4,6,12,14,19H,3,5,7-11,13H2,1-2H3,(H,20,21);1H. The highest BCUT2D eigenvalue weighted by molar-refractivity contribution is 5.85. The normalized spacial score (nSPS) is 14.6. The summed E-state index contributed by atoms with van der Waals surface area (Å²) in [5, 5.41) is 6.34. The van der Waals surface area contributed by atoms with Crippen molar-refractivity contribution in [1.29, 1.82) is 0 Å². The second-order valence-electron chi connectivity index (χ2n) is 5.93. The molecule has 2 rings (SSSR count). The summed E-state index contributed by atoms with van der Waals surface area (Å²) in [6.45, 7) is 5.23. The molecular formula is C18H29ClN2O3. The number of ether oxygens (including phenoxy) is 2. The minimum absolute atomic E-state index is 0. The third-order valence-electron chi connectivity index (χ3n) is 4.26. The monoisotopic (exact) mass is 356 g/mol. The molecule has 1 aliphatic rings. The molecule has 24 heavy (non-hydrogen) atoms. The van der Waals surface area contributed by atoms with Gasteiger partial charge in [-0.2, -0.15) is 0 Å². The zero-order valence-corrected chi connectivity index (χ0v) is 15.4. The molecule has 1 aromatic carbocycles. The number of halogens is 1. The topological polar surface area (TPSA) is 59.6 Å². The van der Waals surface area contributed by atoms with Crippen molar-refractivity contribution in [3.63, 3.8) is 0 Å². The molecule has 1 aliphatic heterocycles. The third-order valence-corrected chi connectivity index (χ3v) is 4.26. The lowest BCUT2D eigenvalue weighted by molar-refractivity contribution is -0.121. The van der Waals surface area contributed by atoms with Crippen LogP contribution in [0.4, 0.5) is 0 Å². The van der Waals surface area contributed by atoms with Gasteiger partial charge in [-0.25, -0.2) is 0 Å². The van der Waals surface area contributed by atoms with E-state index in [1.807, 2.05) is 25.1 Å². The van der Waals surface area contributed by atoms with Crippen molar-refractivity contribution in [1.82, 2.24) is 10.6 Å². The Kier molecular flexibility index (Phi) is 9.57. The van der Waals surface area contributed by atoms with Crippen molar-refractivity contribution >= 4 is 18.3 Å². The molecule has 0 aromatic heterocycles. The number of amides is 1. The first-order valence-electron chi connectivity index (χ1n) is 8.50. The van der Waals surface area contributed by atoms with E-state index in [1.165, 1.54) is 12.8 Å². The molecule has 2 N–H and O–H groups in total. The van der Waals surface area contributed by atoms with Crippen molar-refractivity contribution in [2.45, 2.75) is 39.2 Å². The van der Waals surface area contributed by atoms with Gasteiger partial charge >= 0.3 is 0 Å². The largest absolute Gasteiger partial charge is 0.493 e. The summed E-state index contributed by atoms with van der Waals surface area (Å²) < 4.78 is 10.8. The fraction of sp³-hybridized carbons (Fsp3) is 0.611. The molecule has 0 unspecified atom stereocenters. The van der Waals surface area contributed by atoms with Crippen LogP contribution in [0.5, 0.6) is 11.5 Å². The highest BCUT2D eigenvalue weighted by Crippen LogP contribution is 2.28. The van der Waals surface area contributed by atoms with Gasteiger partial charge in [0.15, 0.2) is 11.5 Å². The van der Waals surface area contributed by atoms with Crippen LogP contribution >= 0.6 is 12.4 Å². The fourth-order valence-corrected chi connectivity index (χ4v) is 2.89. The van der Waals surface area contributed by atoms with Crippen LogP contribution in [0, 0.1) is 5.92 Å². The predicted molar refractivity (Wildman–Crippen MR) is 98.1 cm³/mol. The van der Waals surface area contributed by atoms with Crippen molar-refractivity contribution in [2.75, 3.05) is 26.8 Å². The maximum absolute atomic E-state index is 12.0. The number of methoxy groups -OCH3 is 1. The minimum Gasteiger partial charge on any atom is -0.493 e. The third kappa shape index (κ3) is 6.57. The van der Waals surface area contributed by atoms with Gasteiger partial charge in [0.1, 0.15) is 0 Å². The molecule has 136 valence electrons. The second kappa shape index (κ2) is 11.2. The molecule has 0 aliphatic carbocycles. The van der Waals surface area contributed by atoms with E-state index in [0.717, 1.165) is 30.8 Å². The molecule has 0 bridgehead atoms. The number of carbonyl (C=O) groups is 1. The minimum atomic E-state index is 0. The average molecular weight is 357 g/mol. The molecule has 0 spiro atoms. The maximum atomic E-state index is 12.0. The Hall–Kier alpha value is -1.46. The van der Waals surface area contributed by atoms with E-state index in [0.29, 0.717) is 31.2 Å². The van der Waals surface area contributed by atoms with E-state index in [9.17, 15) is 4.79 Å². The summed E-state index contributed by atoms with van der Waals surface area (Å²) in [6, 6.07) is 5.76. The first-order valence-corrected chi connectivity index (χ1v) is 8.50. The van der Waals surface area contributed by atoms with Gasteiger partial charge in [0.25, 0.3) is 0 Å². The van der Waals surface area contributed by atoms with E-state index in [2.05, 4.69) is 10.6 Å². The Morgan fingerprint density at radius 2 is 2.04 bits per heavy atom. The van der Waals surface area contributed by atoms with Crippen molar-refractivity contribution in [3.05, 3.63) is 23.8 Å². The van der Waals surface area contributed by atoms with Gasteiger partial charge in [-0.3, -0.25) is 4.79 Å². The smallest absolute Gasteiger partial charge is 0.220 e. The molecule has 5 nitrogen and oxygen atoms in total. The zero-order valence-electron chi connectivity index (χ0n) is 14.6. The Bertz CT molecular complexity index is 505. The molecule has 0 radical (unpaired) electrons. The molecule has 6 heteroatoms. The van der Waals surface area contributed by atoms with Gasteiger partial charge in [-0.1, -0.05) is 6.07 Å². The molecular weight excluding hydrogens is 328 g/mol. The van der Waals surface area contributed by atoms with E-state index >= 15 is 0 Å². The van der Waals surface area contributed by atoms with E-state index in [-0.39, 0.29) is 18.3 Å². The Morgan fingerprint density at radius 1 is 1.29 bits per heavy atom. The molecule has 0 saturated carbocycles. The van der Waals surface area contributed by atoms with E-state index < -0.39 is 0 Å². The summed E-state index contributed by atoms with van der Waals surface area (Å²) in [7, 11) is 1.62. The Morgan fingerprint density at radius 3 is 2.71 bits per heavy atom. The lowest BCUT2D eigenvalue weighted by Gasteiger charge is -2.22. The fourth-order valence-electron chi connectivity index (χ4n) is 2.89. The first kappa shape index (κ1) is 20.6. The van der Waals surface area contributed by atoms with Crippen LogP contribution in [0.3, 0.4) is 0 Å². The van der Waals surface area contributed by atoms with Crippen LogP contribution in [0.1, 0.15) is 38.2 Å². The summed E-state index contributed by atoms with van der Waals surface area (Å²) in [6.07, 6.45) is 3.96. The van der Waals surface area contributed by atoms with Crippen LogP contribution < -0.4 is 20.1 Å². The van der Waals surface area contributed by atoms with E-state index in [1.54, 1.807) is 7.11 Å². The SMILES string of the molecule is CCOc1ccc(CNC(=O)CCC2CCNCC2)cc1OC.Cl. The quantitative estimate of drug-likeness (QED) is 0.752. The van der Waals surface area contributed by atoms with Crippen LogP contribution in [0.2, 0.25) is 0 Å². The molecule has 1 amide bonds. The molecule has 1 heterocycles. The Labute approximate surface area is 150 Å². The summed E-state index contributed by atoms with van der Waals surface area (Å²) >= 11 is 0. The lowest BCUT2D eigenvalue weighted by atomic mass is 9.93. The molecule has 0 atom stereocenters. The number of benzene rings is 1. The summed E-state index contributed by atoms with van der Waals surface area (Å²) in [4.78, 5) is 12.0. The van der Waals surface area contributed by atoms with Gasteiger partial charge in [-0.15, -0.1) is 12.4 Å². The van der Waals surface area contributed by atoms with Gasteiger partial charge in [0, 0.05) is 13.0 Å². The first-order chi connectivity index (χ1) is 11.2. The van der Waals surface area contributed by atoms with E-state index in [4.69, 9.17) is 9.47 Å².